The molecule has 0 spiro atoms. The molecule has 2 rings (SSSR count). The molecule has 8 heteroatoms. The zero-order chi connectivity index (χ0) is 20.0. The zero-order valence-corrected chi connectivity index (χ0v) is 15.7. The lowest BCUT2D eigenvalue weighted by atomic mass is 10.1. The van der Waals surface area contributed by atoms with Gasteiger partial charge in [0.2, 0.25) is 5.91 Å². The second kappa shape index (κ2) is 9.07. The molecule has 1 fully saturated rings. The molecule has 1 aliphatic heterocycles. The number of anilines is 1. The number of amides is 2. The second-order valence-electron chi connectivity index (χ2n) is 6.06. The summed E-state index contributed by atoms with van der Waals surface area (Å²) >= 11 is 0. The summed E-state index contributed by atoms with van der Waals surface area (Å²) in [6.45, 7) is 5.43. The number of nitrogens with zero attached hydrogens (tertiary/aromatic N) is 1. The van der Waals surface area contributed by atoms with Gasteiger partial charge < -0.3 is 24.4 Å². The van der Waals surface area contributed by atoms with Crippen LogP contribution in [0.15, 0.2) is 30.9 Å². The van der Waals surface area contributed by atoms with E-state index in [1.807, 2.05) is 0 Å². The summed E-state index contributed by atoms with van der Waals surface area (Å²) in [5.41, 5.74) is 0.551. The predicted octanol–water partition coefficient (Wildman–Crippen LogP) is 1.29. The van der Waals surface area contributed by atoms with E-state index in [1.54, 1.807) is 18.2 Å². The fourth-order valence-electron chi connectivity index (χ4n) is 2.75. The van der Waals surface area contributed by atoms with Gasteiger partial charge >= 0.3 is 5.97 Å². The third kappa shape index (κ3) is 4.78. The lowest BCUT2D eigenvalue weighted by Gasteiger charge is -2.20. The molecule has 1 heterocycles. The van der Waals surface area contributed by atoms with E-state index in [2.05, 4.69) is 11.9 Å². The van der Waals surface area contributed by atoms with Crippen LogP contribution in [0, 0.1) is 5.92 Å². The zero-order valence-electron chi connectivity index (χ0n) is 15.7. The molecule has 1 N–H and O–H groups in total. The summed E-state index contributed by atoms with van der Waals surface area (Å²) in [5, 5.41) is 2.56. The molecule has 1 saturated heterocycles. The van der Waals surface area contributed by atoms with Crippen LogP contribution in [0.5, 0.6) is 11.5 Å². The molecule has 2 atom stereocenters. The number of carbonyl (C=O) groups excluding carboxylic acids is 3. The Bertz CT molecular complexity index is 733. The molecule has 1 aromatic carbocycles. The van der Waals surface area contributed by atoms with E-state index in [9.17, 15) is 14.4 Å². The van der Waals surface area contributed by atoms with Crippen LogP contribution >= 0.6 is 0 Å². The van der Waals surface area contributed by atoms with Crippen LogP contribution in [-0.4, -0.2) is 51.2 Å². The van der Waals surface area contributed by atoms with Crippen LogP contribution in [0.25, 0.3) is 0 Å². The third-order valence-corrected chi connectivity index (χ3v) is 4.22. The van der Waals surface area contributed by atoms with Crippen molar-refractivity contribution in [2.75, 3.05) is 32.2 Å². The average molecular weight is 376 g/mol. The molecule has 0 unspecified atom stereocenters. The first kappa shape index (κ1) is 20.3. The first-order valence-electron chi connectivity index (χ1n) is 8.52. The topological polar surface area (TPSA) is 94.2 Å². The molecule has 8 nitrogen and oxygen atoms in total. The Morgan fingerprint density at radius 3 is 2.74 bits per heavy atom. The van der Waals surface area contributed by atoms with Gasteiger partial charge in [-0.2, -0.15) is 0 Å². The van der Waals surface area contributed by atoms with Gasteiger partial charge in [0.15, 0.2) is 6.10 Å². The van der Waals surface area contributed by atoms with Crippen molar-refractivity contribution in [1.29, 1.82) is 0 Å². The fraction of sp³-hybridized carbons (Fsp3) is 0.421. The molecule has 27 heavy (non-hydrogen) atoms. The van der Waals surface area contributed by atoms with Gasteiger partial charge in [0.05, 0.1) is 25.8 Å². The average Bonchev–Trinajstić information content (AvgIpc) is 3.06. The first-order valence-corrected chi connectivity index (χ1v) is 8.52. The Hall–Kier alpha value is -3.03. The van der Waals surface area contributed by atoms with Gasteiger partial charge in [-0.05, 0) is 19.1 Å². The van der Waals surface area contributed by atoms with Gasteiger partial charge in [0.1, 0.15) is 11.5 Å². The summed E-state index contributed by atoms with van der Waals surface area (Å²) in [4.78, 5) is 38.1. The molecule has 0 aliphatic carbocycles. The largest absolute Gasteiger partial charge is 0.497 e. The van der Waals surface area contributed by atoms with Gasteiger partial charge in [-0.25, -0.2) is 0 Å². The summed E-state index contributed by atoms with van der Waals surface area (Å²) in [5.74, 6) is -0.810. The Labute approximate surface area is 158 Å². The van der Waals surface area contributed by atoms with Crippen LogP contribution in [0.1, 0.15) is 13.3 Å². The van der Waals surface area contributed by atoms with Crippen molar-refractivity contribution in [1.82, 2.24) is 5.32 Å². The minimum absolute atomic E-state index is 0.00894. The molecular weight excluding hydrogens is 352 g/mol. The van der Waals surface area contributed by atoms with Crippen LogP contribution in [0.4, 0.5) is 5.69 Å². The Balaban J connectivity index is 2.05. The predicted molar refractivity (Wildman–Crippen MR) is 98.8 cm³/mol. The van der Waals surface area contributed by atoms with Crippen molar-refractivity contribution in [3.63, 3.8) is 0 Å². The number of hydrogen-bond donors (Lipinski definition) is 1. The molecule has 0 bridgehead atoms. The molecule has 1 aromatic rings. The van der Waals surface area contributed by atoms with Gasteiger partial charge in [-0.15, -0.1) is 6.58 Å². The maximum atomic E-state index is 12.4. The van der Waals surface area contributed by atoms with Crippen LogP contribution in [-0.2, 0) is 19.1 Å². The second-order valence-corrected chi connectivity index (χ2v) is 6.06. The first-order chi connectivity index (χ1) is 12.9. The molecular formula is C19H24N2O6. The number of carbonyl (C=O) groups is 3. The maximum Gasteiger partial charge on any atom is 0.312 e. The van der Waals surface area contributed by atoms with Gasteiger partial charge in [-0.1, -0.05) is 6.08 Å². The number of ether oxygens (including phenoxy) is 3. The number of rotatable bonds is 8. The van der Waals surface area contributed by atoms with Crippen molar-refractivity contribution in [2.24, 2.45) is 5.92 Å². The molecule has 0 aromatic heterocycles. The van der Waals surface area contributed by atoms with Crippen LogP contribution in [0.3, 0.4) is 0 Å². The minimum atomic E-state index is -0.947. The number of nitrogens with one attached hydrogen (secondary N) is 1. The fourth-order valence-corrected chi connectivity index (χ4v) is 2.75. The summed E-state index contributed by atoms with van der Waals surface area (Å²) in [7, 11) is 3.03. The molecule has 146 valence electrons. The highest BCUT2D eigenvalue weighted by Crippen LogP contribution is 2.36. The summed E-state index contributed by atoms with van der Waals surface area (Å²) in [6.07, 6.45) is 0.592. The van der Waals surface area contributed by atoms with Crippen molar-refractivity contribution in [3.05, 3.63) is 30.9 Å². The highest BCUT2D eigenvalue weighted by Gasteiger charge is 2.38. The Morgan fingerprint density at radius 1 is 1.37 bits per heavy atom. The van der Waals surface area contributed by atoms with Crippen molar-refractivity contribution in [3.8, 4) is 11.5 Å². The van der Waals surface area contributed by atoms with Gasteiger partial charge in [0.25, 0.3) is 5.91 Å². The van der Waals surface area contributed by atoms with E-state index < -0.39 is 23.9 Å². The monoisotopic (exact) mass is 376 g/mol. The van der Waals surface area contributed by atoms with Crippen molar-refractivity contribution >= 4 is 23.5 Å². The van der Waals surface area contributed by atoms with Crippen molar-refractivity contribution in [2.45, 2.75) is 19.4 Å². The summed E-state index contributed by atoms with van der Waals surface area (Å²) < 4.78 is 15.7. The molecule has 1 aliphatic rings. The Kier molecular flexibility index (Phi) is 6.81. The molecule has 0 saturated carbocycles. The molecule has 0 radical (unpaired) electrons. The van der Waals surface area contributed by atoms with Crippen LogP contribution < -0.4 is 19.7 Å². The minimum Gasteiger partial charge on any atom is -0.497 e. The van der Waals surface area contributed by atoms with Gasteiger partial charge in [0, 0.05) is 25.6 Å². The van der Waals surface area contributed by atoms with E-state index in [-0.39, 0.29) is 25.4 Å². The van der Waals surface area contributed by atoms with Crippen molar-refractivity contribution < 1.29 is 28.6 Å². The highest BCUT2D eigenvalue weighted by atomic mass is 16.5. The maximum absolute atomic E-state index is 12.4. The number of esters is 1. The van der Waals surface area contributed by atoms with Crippen LogP contribution in [0.2, 0.25) is 0 Å². The van der Waals surface area contributed by atoms with E-state index in [1.165, 1.54) is 32.1 Å². The smallest absolute Gasteiger partial charge is 0.312 e. The quantitative estimate of drug-likeness (QED) is 0.543. The SMILES string of the molecule is C=CCNC(=O)[C@@H](C)OC(=O)[C@H]1CC(=O)N(c2ccc(OC)cc2OC)C1. The van der Waals surface area contributed by atoms with E-state index >= 15 is 0 Å². The third-order valence-electron chi connectivity index (χ3n) is 4.22. The van der Waals surface area contributed by atoms with E-state index in [4.69, 9.17) is 14.2 Å². The van der Waals surface area contributed by atoms with Gasteiger partial charge in [-0.3, -0.25) is 14.4 Å². The number of benzene rings is 1. The standard InChI is InChI=1S/C19H24N2O6/c1-5-8-20-18(23)12(2)27-19(24)13-9-17(22)21(11-13)15-7-6-14(25-3)10-16(15)26-4/h5-7,10,12-13H,1,8-9,11H2,2-4H3,(H,20,23)/t12-,13+/m1/s1. The number of hydrogen-bond acceptors (Lipinski definition) is 6. The normalized spacial score (nSPS) is 17.2. The number of methoxy groups -OCH3 is 2. The van der Waals surface area contributed by atoms with E-state index in [0.29, 0.717) is 17.2 Å². The Morgan fingerprint density at radius 2 is 2.11 bits per heavy atom. The highest BCUT2D eigenvalue weighted by molar-refractivity contribution is 6.00. The lowest BCUT2D eigenvalue weighted by Crippen LogP contribution is -2.37. The lowest BCUT2D eigenvalue weighted by molar-refractivity contribution is -0.158. The molecule has 2 amide bonds. The van der Waals surface area contributed by atoms with E-state index in [0.717, 1.165) is 0 Å². The summed E-state index contributed by atoms with van der Waals surface area (Å²) in [6, 6.07) is 5.08.